The smallest absolute Gasteiger partial charge is 0.255 e. The maximum Gasteiger partial charge on any atom is 0.255 e. The summed E-state index contributed by atoms with van der Waals surface area (Å²) in [6.07, 6.45) is 2.67. The summed E-state index contributed by atoms with van der Waals surface area (Å²) in [6, 6.07) is 11.6. The SMILES string of the molecule is C[C@@H]1CCCCN1S(=O)(=O)c1cccc(C(=O)Nc2ccccc2F)c1. The number of anilines is 1. The minimum atomic E-state index is -3.67. The lowest BCUT2D eigenvalue weighted by Gasteiger charge is -2.32. The van der Waals surface area contributed by atoms with Gasteiger partial charge in [0.2, 0.25) is 10.0 Å². The predicted molar refractivity (Wildman–Crippen MR) is 98.0 cm³/mol. The largest absolute Gasteiger partial charge is 0.319 e. The molecule has 1 fully saturated rings. The molecule has 2 aromatic carbocycles. The predicted octanol–water partition coefficient (Wildman–Crippen LogP) is 3.64. The van der Waals surface area contributed by atoms with E-state index in [0.29, 0.717) is 6.54 Å². The van der Waals surface area contributed by atoms with Crippen molar-refractivity contribution in [2.45, 2.75) is 37.1 Å². The molecule has 7 heteroatoms. The Kier molecular flexibility index (Phi) is 5.38. The third kappa shape index (κ3) is 3.78. The van der Waals surface area contributed by atoms with Crippen molar-refractivity contribution in [3.8, 4) is 0 Å². The molecular weight excluding hydrogens is 355 g/mol. The molecule has 1 saturated heterocycles. The molecule has 2 aromatic rings. The van der Waals surface area contributed by atoms with Gasteiger partial charge in [-0.15, -0.1) is 0 Å². The van der Waals surface area contributed by atoms with Crippen molar-refractivity contribution in [3.05, 3.63) is 59.9 Å². The van der Waals surface area contributed by atoms with Crippen molar-refractivity contribution in [1.82, 2.24) is 4.31 Å². The molecule has 26 heavy (non-hydrogen) atoms. The fourth-order valence-corrected chi connectivity index (χ4v) is 4.86. The zero-order valence-corrected chi connectivity index (χ0v) is 15.3. The van der Waals surface area contributed by atoms with E-state index in [9.17, 15) is 17.6 Å². The Morgan fingerprint density at radius 1 is 1.15 bits per heavy atom. The first kappa shape index (κ1) is 18.5. The fraction of sp³-hybridized carbons (Fsp3) is 0.316. The van der Waals surface area contributed by atoms with E-state index >= 15 is 0 Å². The number of halogens is 1. The van der Waals surface area contributed by atoms with Crippen molar-refractivity contribution in [1.29, 1.82) is 0 Å². The van der Waals surface area contributed by atoms with Crippen LogP contribution in [0, 0.1) is 5.82 Å². The molecule has 0 spiro atoms. The number of piperidine rings is 1. The summed E-state index contributed by atoms with van der Waals surface area (Å²) >= 11 is 0. The summed E-state index contributed by atoms with van der Waals surface area (Å²) in [6.45, 7) is 2.38. The van der Waals surface area contributed by atoms with E-state index in [1.165, 1.54) is 46.8 Å². The highest BCUT2D eigenvalue weighted by Crippen LogP contribution is 2.25. The van der Waals surface area contributed by atoms with Crippen LogP contribution in [-0.2, 0) is 10.0 Å². The first-order valence-corrected chi connectivity index (χ1v) is 10.0. The molecule has 1 amide bonds. The minimum absolute atomic E-state index is 0.0513. The first-order chi connectivity index (χ1) is 12.4. The number of nitrogens with one attached hydrogen (secondary N) is 1. The Hall–Kier alpha value is -2.25. The molecule has 0 aliphatic carbocycles. The van der Waals surface area contributed by atoms with Gasteiger partial charge < -0.3 is 5.32 Å². The lowest BCUT2D eigenvalue weighted by atomic mass is 10.1. The molecule has 5 nitrogen and oxygen atoms in total. The van der Waals surface area contributed by atoms with Gasteiger partial charge in [-0.1, -0.05) is 24.6 Å². The maximum absolute atomic E-state index is 13.7. The summed E-state index contributed by atoms with van der Waals surface area (Å²) in [5.74, 6) is -1.11. The van der Waals surface area contributed by atoms with Crippen molar-refractivity contribution >= 4 is 21.6 Å². The molecule has 0 unspecified atom stereocenters. The summed E-state index contributed by atoms with van der Waals surface area (Å²) < 4.78 is 41.0. The Bertz CT molecular complexity index is 915. The number of rotatable bonds is 4. The van der Waals surface area contributed by atoms with E-state index < -0.39 is 21.7 Å². The van der Waals surface area contributed by atoms with Crippen molar-refractivity contribution in [3.63, 3.8) is 0 Å². The molecule has 1 heterocycles. The summed E-state index contributed by atoms with van der Waals surface area (Å²) in [4.78, 5) is 12.5. The Morgan fingerprint density at radius 3 is 2.65 bits per heavy atom. The number of carbonyl (C=O) groups excluding carboxylic acids is 1. The van der Waals surface area contributed by atoms with Gasteiger partial charge in [0.05, 0.1) is 10.6 Å². The molecule has 1 aliphatic rings. The average molecular weight is 376 g/mol. The molecule has 1 N–H and O–H groups in total. The van der Waals surface area contributed by atoms with Gasteiger partial charge >= 0.3 is 0 Å². The fourth-order valence-electron chi connectivity index (χ4n) is 3.12. The van der Waals surface area contributed by atoms with Crippen molar-refractivity contribution in [2.24, 2.45) is 0 Å². The number of hydrogen-bond acceptors (Lipinski definition) is 3. The molecule has 138 valence electrons. The third-order valence-electron chi connectivity index (χ3n) is 4.57. The summed E-state index contributed by atoms with van der Waals surface area (Å²) in [5.41, 5.74) is 0.217. The number of para-hydroxylation sites is 1. The number of nitrogens with zero attached hydrogens (tertiary/aromatic N) is 1. The maximum atomic E-state index is 13.7. The van der Waals surface area contributed by atoms with Crippen LogP contribution in [0.5, 0.6) is 0 Å². The third-order valence-corrected chi connectivity index (χ3v) is 6.58. The van der Waals surface area contributed by atoms with Crippen molar-refractivity contribution < 1.29 is 17.6 Å². The van der Waals surface area contributed by atoms with Crippen LogP contribution in [0.2, 0.25) is 0 Å². The molecule has 3 rings (SSSR count). The molecule has 0 aromatic heterocycles. The summed E-state index contributed by atoms with van der Waals surface area (Å²) in [5, 5.41) is 2.47. The minimum Gasteiger partial charge on any atom is -0.319 e. The quantitative estimate of drug-likeness (QED) is 0.886. The van der Waals surface area contributed by atoms with Gasteiger partial charge in [0.15, 0.2) is 0 Å². The highest BCUT2D eigenvalue weighted by Gasteiger charge is 2.31. The molecular formula is C19H21FN2O3S. The van der Waals surface area contributed by atoms with E-state index in [2.05, 4.69) is 5.32 Å². The van der Waals surface area contributed by atoms with Crippen LogP contribution in [0.1, 0.15) is 36.5 Å². The highest BCUT2D eigenvalue weighted by atomic mass is 32.2. The number of carbonyl (C=O) groups is 1. The monoisotopic (exact) mass is 376 g/mol. The van der Waals surface area contributed by atoms with Gasteiger partial charge in [-0.3, -0.25) is 4.79 Å². The van der Waals surface area contributed by atoms with Crippen LogP contribution >= 0.6 is 0 Å². The van der Waals surface area contributed by atoms with E-state index in [1.54, 1.807) is 6.07 Å². The zero-order valence-electron chi connectivity index (χ0n) is 14.5. The highest BCUT2D eigenvalue weighted by molar-refractivity contribution is 7.89. The Balaban J connectivity index is 1.86. The van der Waals surface area contributed by atoms with Gasteiger partial charge in [0.1, 0.15) is 5.82 Å². The topological polar surface area (TPSA) is 66.5 Å². The van der Waals surface area contributed by atoms with Crippen LogP contribution in [0.3, 0.4) is 0 Å². The van der Waals surface area contributed by atoms with Gasteiger partial charge in [-0.05, 0) is 50.1 Å². The Labute approximate surface area is 152 Å². The lowest BCUT2D eigenvalue weighted by Crippen LogP contribution is -2.41. The molecule has 0 radical (unpaired) electrons. The molecule has 1 aliphatic heterocycles. The first-order valence-electron chi connectivity index (χ1n) is 8.57. The molecule has 1 atom stereocenters. The molecule has 0 saturated carbocycles. The second-order valence-corrected chi connectivity index (χ2v) is 8.31. The van der Waals surface area contributed by atoms with E-state index in [4.69, 9.17) is 0 Å². The van der Waals surface area contributed by atoms with Gasteiger partial charge in [-0.25, -0.2) is 12.8 Å². The zero-order chi connectivity index (χ0) is 18.7. The standard InChI is InChI=1S/C19H21FN2O3S/c1-14-7-4-5-12-22(14)26(24,25)16-9-6-8-15(13-16)19(23)21-18-11-3-2-10-17(18)20/h2-3,6,8-11,13-14H,4-5,7,12H2,1H3,(H,21,23)/t14-/m1/s1. The Morgan fingerprint density at radius 2 is 1.92 bits per heavy atom. The van der Waals surface area contributed by atoms with E-state index in [1.807, 2.05) is 6.92 Å². The lowest BCUT2D eigenvalue weighted by molar-refractivity contribution is 0.102. The van der Waals surface area contributed by atoms with Crippen LogP contribution in [0.25, 0.3) is 0 Å². The number of sulfonamides is 1. The summed E-state index contributed by atoms with van der Waals surface area (Å²) in [7, 11) is -3.67. The van der Waals surface area contributed by atoms with Gasteiger partial charge in [0, 0.05) is 18.2 Å². The van der Waals surface area contributed by atoms with Crippen LogP contribution in [0.4, 0.5) is 10.1 Å². The van der Waals surface area contributed by atoms with Gasteiger partial charge in [0.25, 0.3) is 5.91 Å². The van der Waals surface area contributed by atoms with Crippen LogP contribution < -0.4 is 5.32 Å². The number of hydrogen-bond donors (Lipinski definition) is 1. The van der Waals surface area contributed by atoms with Crippen molar-refractivity contribution in [2.75, 3.05) is 11.9 Å². The van der Waals surface area contributed by atoms with Gasteiger partial charge in [-0.2, -0.15) is 4.31 Å². The number of benzene rings is 2. The van der Waals surface area contributed by atoms with E-state index in [0.717, 1.165) is 19.3 Å². The number of amides is 1. The second-order valence-electron chi connectivity index (χ2n) is 6.42. The second kappa shape index (κ2) is 7.55. The normalized spacial score (nSPS) is 18.5. The average Bonchev–Trinajstić information content (AvgIpc) is 2.64. The molecule has 0 bridgehead atoms. The van der Waals surface area contributed by atoms with E-state index in [-0.39, 0.29) is 22.2 Å². The van der Waals surface area contributed by atoms with Crippen LogP contribution in [-0.4, -0.2) is 31.2 Å². The van der Waals surface area contributed by atoms with Crippen LogP contribution in [0.15, 0.2) is 53.4 Å².